The summed E-state index contributed by atoms with van der Waals surface area (Å²) >= 11 is 0. The fraction of sp³-hybridized carbons (Fsp3) is 0.654. The van der Waals surface area contributed by atoms with Crippen LogP contribution in [0.15, 0.2) is 36.4 Å². The van der Waals surface area contributed by atoms with Gasteiger partial charge in [0.25, 0.3) is 0 Å². The first kappa shape index (κ1) is 22.9. The lowest BCUT2D eigenvalue weighted by atomic mass is 9.74. The average Bonchev–Trinajstić information content (AvgIpc) is 2.76. The highest BCUT2D eigenvalue weighted by Crippen LogP contribution is 2.41. The summed E-state index contributed by atoms with van der Waals surface area (Å²) in [5.41, 5.74) is 0.526. The van der Waals surface area contributed by atoms with Crippen LogP contribution < -0.4 is 0 Å². The largest absolute Gasteiger partial charge is 0.416 e. The SMILES string of the molecule is N#CC=CCCC1CCC(CCC2CCC(c3ccc(C(F)(F)F)cc3)CC2)CC1. The molecule has 1 nitrogen and oxygen atoms in total. The lowest BCUT2D eigenvalue weighted by molar-refractivity contribution is -0.137. The van der Waals surface area contributed by atoms with Crippen LogP contribution in [0.5, 0.6) is 0 Å². The molecular weight excluding hydrogens is 383 g/mol. The van der Waals surface area contributed by atoms with E-state index >= 15 is 0 Å². The van der Waals surface area contributed by atoms with Crippen molar-refractivity contribution in [1.82, 2.24) is 0 Å². The lowest BCUT2D eigenvalue weighted by Gasteiger charge is -2.32. The van der Waals surface area contributed by atoms with Crippen LogP contribution in [-0.4, -0.2) is 0 Å². The highest BCUT2D eigenvalue weighted by molar-refractivity contribution is 5.27. The summed E-state index contributed by atoms with van der Waals surface area (Å²) in [6.45, 7) is 0. The molecule has 0 spiro atoms. The summed E-state index contributed by atoms with van der Waals surface area (Å²) < 4.78 is 38.2. The van der Waals surface area contributed by atoms with Crippen molar-refractivity contribution in [2.24, 2.45) is 17.8 Å². The molecule has 0 bridgehead atoms. The molecule has 0 amide bonds. The van der Waals surface area contributed by atoms with Crippen molar-refractivity contribution in [1.29, 1.82) is 5.26 Å². The number of allylic oxidation sites excluding steroid dienone is 2. The Morgan fingerprint density at radius 1 is 0.800 bits per heavy atom. The maximum absolute atomic E-state index is 12.7. The van der Waals surface area contributed by atoms with E-state index in [1.54, 1.807) is 18.2 Å². The number of benzene rings is 1. The molecule has 1 aromatic carbocycles. The second-order valence-corrected chi connectivity index (χ2v) is 9.41. The Morgan fingerprint density at radius 3 is 1.80 bits per heavy atom. The van der Waals surface area contributed by atoms with Crippen LogP contribution in [0.3, 0.4) is 0 Å². The van der Waals surface area contributed by atoms with Crippen LogP contribution in [0.2, 0.25) is 0 Å². The van der Waals surface area contributed by atoms with E-state index < -0.39 is 11.7 Å². The van der Waals surface area contributed by atoms with Crippen LogP contribution in [0.1, 0.15) is 94.1 Å². The minimum Gasteiger partial charge on any atom is -0.193 e. The summed E-state index contributed by atoms with van der Waals surface area (Å²) in [5, 5.41) is 8.54. The fourth-order valence-electron chi connectivity index (χ4n) is 5.48. The van der Waals surface area contributed by atoms with E-state index in [0.29, 0.717) is 5.92 Å². The maximum Gasteiger partial charge on any atom is 0.416 e. The summed E-state index contributed by atoms with van der Waals surface area (Å²) in [6.07, 6.45) is 14.3. The predicted octanol–water partition coefficient (Wildman–Crippen LogP) is 8.43. The summed E-state index contributed by atoms with van der Waals surface area (Å²) in [6, 6.07) is 7.89. The average molecular weight is 418 g/mol. The molecule has 2 aliphatic carbocycles. The molecule has 164 valence electrons. The first-order valence-corrected chi connectivity index (χ1v) is 11.7. The van der Waals surface area contributed by atoms with Gasteiger partial charge in [0.15, 0.2) is 0 Å². The fourth-order valence-corrected chi connectivity index (χ4v) is 5.48. The first-order valence-electron chi connectivity index (χ1n) is 11.7. The monoisotopic (exact) mass is 417 g/mol. The maximum atomic E-state index is 12.7. The van der Waals surface area contributed by atoms with Gasteiger partial charge in [-0.1, -0.05) is 56.7 Å². The zero-order valence-corrected chi connectivity index (χ0v) is 17.8. The molecule has 3 rings (SSSR count). The summed E-state index contributed by atoms with van der Waals surface area (Å²) in [7, 11) is 0. The van der Waals surface area contributed by atoms with Crippen molar-refractivity contribution >= 4 is 0 Å². The van der Waals surface area contributed by atoms with E-state index in [2.05, 4.69) is 6.07 Å². The molecule has 2 fully saturated rings. The van der Waals surface area contributed by atoms with Crippen molar-refractivity contribution in [3.63, 3.8) is 0 Å². The van der Waals surface area contributed by atoms with Gasteiger partial charge >= 0.3 is 6.18 Å². The molecule has 0 N–H and O–H groups in total. The highest BCUT2D eigenvalue weighted by Gasteiger charge is 2.31. The van der Waals surface area contributed by atoms with E-state index in [1.165, 1.54) is 69.9 Å². The van der Waals surface area contributed by atoms with Gasteiger partial charge in [0.1, 0.15) is 0 Å². The zero-order valence-electron chi connectivity index (χ0n) is 17.8. The summed E-state index contributed by atoms with van der Waals surface area (Å²) in [5.74, 6) is 2.94. The van der Waals surface area contributed by atoms with Gasteiger partial charge in [-0.2, -0.15) is 18.4 Å². The second-order valence-electron chi connectivity index (χ2n) is 9.41. The van der Waals surface area contributed by atoms with Crippen molar-refractivity contribution < 1.29 is 13.2 Å². The summed E-state index contributed by atoms with van der Waals surface area (Å²) in [4.78, 5) is 0. The smallest absolute Gasteiger partial charge is 0.193 e. The molecule has 0 atom stereocenters. The Bertz CT molecular complexity index is 697. The lowest BCUT2D eigenvalue weighted by Crippen LogP contribution is -2.18. The Kier molecular flexibility index (Phi) is 8.42. The van der Waals surface area contributed by atoms with Crippen LogP contribution in [-0.2, 0) is 6.18 Å². The molecule has 30 heavy (non-hydrogen) atoms. The highest BCUT2D eigenvalue weighted by atomic mass is 19.4. The quantitative estimate of drug-likeness (QED) is 0.408. The van der Waals surface area contributed by atoms with E-state index in [-0.39, 0.29) is 0 Å². The van der Waals surface area contributed by atoms with Gasteiger partial charge in [0.2, 0.25) is 0 Å². The van der Waals surface area contributed by atoms with Gasteiger partial charge in [-0.15, -0.1) is 0 Å². The van der Waals surface area contributed by atoms with Crippen molar-refractivity contribution in [3.8, 4) is 6.07 Å². The van der Waals surface area contributed by atoms with Gasteiger partial charge in [-0.3, -0.25) is 0 Å². The molecule has 0 aromatic heterocycles. The van der Waals surface area contributed by atoms with Crippen LogP contribution >= 0.6 is 0 Å². The number of hydrogen-bond acceptors (Lipinski definition) is 1. The topological polar surface area (TPSA) is 23.8 Å². The van der Waals surface area contributed by atoms with Crippen molar-refractivity contribution in [3.05, 3.63) is 47.5 Å². The Hall–Kier alpha value is -1.76. The molecule has 0 saturated heterocycles. The third kappa shape index (κ3) is 6.89. The molecule has 0 aliphatic heterocycles. The van der Waals surface area contributed by atoms with Gasteiger partial charge < -0.3 is 0 Å². The molecule has 0 heterocycles. The van der Waals surface area contributed by atoms with E-state index in [0.717, 1.165) is 42.6 Å². The number of nitriles is 1. The first-order chi connectivity index (χ1) is 14.5. The van der Waals surface area contributed by atoms with Crippen molar-refractivity contribution in [2.75, 3.05) is 0 Å². The molecule has 2 saturated carbocycles. The molecule has 0 unspecified atom stereocenters. The van der Waals surface area contributed by atoms with Crippen LogP contribution in [0.4, 0.5) is 13.2 Å². The van der Waals surface area contributed by atoms with E-state index in [4.69, 9.17) is 5.26 Å². The third-order valence-corrected chi connectivity index (χ3v) is 7.44. The second kappa shape index (κ2) is 11.0. The third-order valence-electron chi connectivity index (χ3n) is 7.44. The van der Waals surface area contributed by atoms with E-state index in [1.807, 2.05) is 6.08 Å². The minimum atomic E-state index is -4.25. The standard InChI is InChI=1S/C26H34F3N/c27-26(28,29)25-17-15-24(16-18-25)23-13-11-22(12-14-23)10-9-21-7-5-20(6-8-21)4-2-1-3-19-30/h1,3,15-18,20-23H,2,4-14H2. The van der Waals surface area contributed by atoms with Gasteiger partial charge in [-0.25, -0.2) is 0 Å². The van der Waals surface area contributed by atoms with Gasteiger partial charge in [-0.05, 0) is 79.9 Å². The van der Waals surface area contributed by atoms with Gasteiger partial charge in [0.05, 0.1) is 11.6 Å². The minimum absolute atomic E-state index is 0.425. The normalized spacial score (nSPS) is 27.8. The van der Waals surface area contributed by atoms with Crippen LogP contribution in [0.25, 0.3) is 0 Å². The number of rotatable bonds is 7. The number of nitrogens with zero attached hydrogens (tertiary/aromatic N) is 1. The number of hydrogen-bond donors (Lipinski definition) is 0. The molecule has 4 heteroatoms. The van der Waals surface area contributed by atoms with Crippen molar-refractivity contribution in [2.45, 2.75) is 89.1 Å². The van der Waals surface area contributed by atoms with Gasteiger partial charge in [0, 0.05) is 6.08 Å². The number of alkyl halides is 3. The predicted molar refractivity (Wildman–Crippen MR) is 115 cm³/mol. The Labute approximate surface area is 179 Å². The molecule has 0 radical (unpaired) electrons. The van der Waals surface area contributed by atoms with Crippen LogP contribution in [0, 0.1) is 29.1 Å². The zero-order chi connectivity index (χ0) is 21.4. The Balaban J connectivity index is 1.33. The van der Waals surface area contributed by atoms with E-state index in [9.17, 15) is 13.2 Å². The molecular formula is C26H34F3N. The Morgan fingerprint density at radius 2 is 1.30 bits per heavy atom. The molecule has 1 aromatic rings. The number of halogens is 3. The molecule has 2 aliphatic rings.